The van der Waals surface area contributed by atoms with Gasteiger partial charge >= 0.3 is 0 Å². The summed E-state index contributed by atoms with van der Waals surface area (Å²) in [4.78, 5) is 25.3. The predicted octanol–water partition coefficient (Wildman–Crippen LogP) is 2.14. The Morgan fingerprint density at radius 3 is 2.81 bits per heavy atom. The molecule has 9 heteroatoms. The topological polar surface area (TPSA) is 72.9 Å². The second-order valence-electron chi connectivity index (χ2n) is 6.78. The maximum Gasteiger partial charge on any atom is 0.225 e. The minimum absolute atomic E-state index is 0. The molecule has 26 heavy (non-hydrogen) atoms. The Labute approximate surface area is 177 Å². The van der Waals surface area contributed by atoms with E-state index in [-0.39, 0.29) is 41.8 Å². The van der Waals surface area contributed by atoms with Crippen molar-refractivity contribution in [3.8, 4) is 0 Å². The van der Waals surface area contributed by atoms with Gasteiger partial charge in [-0.05, 0) is 13.3 Å². The van der Waals surface area contributed by atoms with E-state index in [1.165, 1.54) is 0 Å². The number of hydrogen-bond acceptors (Lipinski definition) is 5. The van der Waals surface area contributed by atoms with Crippen LogP contribution in [0.4, 0.5) is 5.13 Å². The summed E-state index contributed by atoms with van der Waals surface area (Å²) in [6.07, 6.45) is 0.949. The highest BCUT2D eigenvalue weighted by Gasteiger charge is 2.27. The summed E-state index contributed by atoms with van der Waals surface area (Å²) in [5.74, 6) is 1.06. The number of nitrogens with zero attached hydrogens (tertiary/aromatic N) is 4. The van der Waals surface area contributed by atoms with E-state index in [1.807, 2.05) is 50.0 Å². The third kappa shape index (κ3) is 6.57. The first kappa shape index (κ1) is 22.9. The van der Waals surface area contributed by atoms with Crippen molar-refractivity contribution in [3.05, 3.63) is 11.1 Å². The molecule has 2 rings (SSSR count). The van der Waals surface area contributed by atoms with Gasteiger partial charge in [0.25, 0.3) is 0 Å². The number of guanidine groups is 1. The molecule has 0 bridgehead atoms. The average molecular weight is 494 g/mol. The highest BCUT2D eigenvalue weighted by atomic mass is 127. The lowest BCUT2D eigenvalue weighted by molar-refractivity contribution is -0.133. The smallest absolute Gasteiger partial charge is 0.225 e. The number of hydrogen-bond donors (Lipinski definition) is 2. The van der Waals surface area contributed by atoms with Crippen LogP contribution in [0.25, 0.3) is 0 Å². The molecule has 0 aliphatic carbocycles. The van der Waals surface area contributed by atoms with E-state index in [0.29, 0.717) is 6.54 Å². The van der Waals surface area contributed by atoms with Crippen LogP contribution in [0.1, 0.15) is 32.9 Å². The molecule has 0 saturated carbocycles. The number of aromatic nitrogens is 1. The average Bonchev–Trinajstić information content (AvgIpc) is 3.21. The summed E-state index contributed by atoms with van der Waals surface area (Å²) < 4.78 is 0. The number of anilines is 1. The van der Waals surface area contributed by atoms with Gasteiger partial charge in [-0.25, -0.2) is 9.98 Å². The van der Waals surface area contributed by atoms with E-state index in [0.717, 1.165) is 42.8 Å². The number of rotatable bonds is 6. The monoisotopic (exact) mass is 494 g/mol. The Hall–Kier alpha value is -1.10. The minimum Gasteiger partial charge on any atom is -0.357 e. The summed E-state index contributed by atoms with van der Waals surface area (Å²) in [7, 11) is 3.98. The molecule has 1 amide bonds. The first-order valence-corrected chi connectivity index (χ1v) is 9.74. The summed E-state index contributed by atoms with van der Waals surface area (Å²) in [6.45, 7) is 8.84. The van der Waals surface area contributed by atoms with Crippen LogP contribution in [-0.2, 0) is 11.3 Å². The summed E-state index contributed by atoms with van der Waals surface area (Å²) in [5, 5.41) is 9.76. The van der Waals surface area contributed by atoms with E-state index in [2.05, 4.69) is 20.6 Å². The number of thiazole rings is 1. The number of likely N-dealkylation sites (tertiary alicyclic amines) is 1. The second kappa shape index (κ2) is 10.9. The molecule has 2 heterocycles. The zero-order chi connectivity index (χ0) is 18.4. The zero-order valence-corrected chi connectivity index (χ0v) is 19.4. The van der Waals surface area contributed by atoms with E-state index < -0.39 is 0 Å². The molecule has 0 aromatic carbocycles. The van der Waals surface area contributed by atoms with Gasteiger partial charge in [-0.3, -0.25) is 4.79 Å². The van der Waals surface area contributed by atoms with Crippen molar-refractivity contribution >= 4 is 52.3 Å². The molecule has 1 unspecified atom stereocenters. The molecule has 0 radical (unpaired) electrons. The molecule has 1 fully saturated rings. The fourth-order valence-electron chi connectivity index (χ4n) is 2.69. The number of amides is 1. The highest BCUT2D eigenvalue weighted by Crippen LogP contribution is 2.18. The number of carbonyl (C=O) groups is 1. The molecule has 7 nitrogen and oxygen atoms in total. The molecule has 1 aliphatic heterocycles. The number of halogens is 1. The molecule has 1 aromatic rings. The fraction of sp³-hybridized carbons (Fsp3) is 0.706. The SMILES string of the molecule is CCNC(=NCc1csc(N(C)C)n1)NC1CCN(C(=O)C(C)C)C1.I. The lowest BCUT2D eigenvalue weighted by Gasteiger charge is -2.20. The molecular weight excluding hydrogens is 463 g/mol. The van der Waals surface area contributed by atoms with Gasteiger partial charge in [0.15, 0.2) is 11.1 Å². The molecule has 1 aliphatic rings. The van der Waals surface area contributed by atoms with Gasteiger partial charge in [-0.1, -0.05) is 13.8 Å². The van der Waals surface area contributed by atoms with Crippen molar-refractivity contribution in [2.75, 3.05) is 38.6 Å². The zero-order valence-electron chi connectivity index (χ0n) is 16.3. The number of carbonyl (C=O) groups excluding carboxylic acids is 1. The first-order chi connectivity index (χ1) is 11.9. The number of aliphatic imine (C=N–C) groups is 1. The van der Waals surface area contributed by atoms with Gasteiger partial charge in [-0.15, -0.1) is 35.3 Å². The van der Waals surface area contributed by atoms with Gasteiger partial charge < -0.3 is 20.4 Å². The molecule has 0 spiro atoms. The summed E-state index contributed by atoms with van der Waals surface area (Å²) in [6, 6.07) is 0.244. The summed E-state index contributed by atoms with van der Waals surface area (Å²) >= 11 is 1.62. The van der Waals surface area contributed by atoms with Crippen LogP contribution < -0.4 is 15.5 Å². The van der Waals surface area contributed by atoms with Gasteiger partial charge in [0.2, 0.25) is 5.91 Å². The van der Waals surface area contributed by atoms with Gasteiger partial charge in [-0.2, -0.15) is 0 Å². The third-order valence-electron chi connectivity index (χ3n) is 4.00. The Balaban J connectivity index is 0.00000338. The van der Waals surface area contributed by atoms with Crippen molar-refractivity contribution in [3.63, 3.8) is 0 Å². The molecule has 1 aromatic heterocycles. The quantitative estimate of drug-likeness (QED) is 0.360. The lowest BCUT2D eigenvalue weighted by atomic mass is 10.2. The van der Waals surface area contributed by atoms with Crippen molar-refractivity contribution < 1.29 is 4.79 Å². The summed E-state index contributed by atoms with van der Waals surface area (Å²) in [5.41, 5.74) is 0.967. The van der Waals surface area contributed by atoms with Crippen LogP contribution >= 0.6 is 35.3 Å². The normalized spacial score (nSPS) is 17.2. The first-order valence-electron chi connectivity index (χ1n) is 8.86. The maximum absolute atomic E-state index is 12.1. The van der Waals surface area contributed by atoms with Crippen LogP contribution in [-0.4, -0.2) is 61.5 Å². The fourth-order valence-corrected chi connectivity index (χ4v) is 3.44. The molecule has 1 atom stereocenters. The van der Waals surface area contributed by atoms with Gasteiger partial charge in [0.1, 0.15) is 0 Å². The van der Waals surface area contributed by atoms with Crippen LogP contribution in [0, 0.1) is 5.92 Å². The second-order valence-corrected chi connectivity index (χ2v) is 7.62. The van der Waals surface area contributed by atoms with Crippen molar-refractivity contribution in [2.45, 2.75) is 39.8 Å². The van der Waals surface area contributed by atoms with Crippen molar-refractivity contribution in [2.24, 2.45) is 10.9 Å². The molecule has 1 saturated heterocycles. The Bertz CT molecular complexity index is 604. The molecule has 148 valence electrons. The largest absolute Gasteiger partial charge is 0.357 e. The molecular formula is C17H31IN6OS. The Morgan fingerprint density at radius 1 is 1.50 bits per heavy atom. The number of nitrogens with one attached hydrogen (secondary N) is 2. The lowest BCUT2D eigenvalue weighted by Crippen LogP contribution is -2.45. The van der Waals surface area contributed by atoms with Crippen LogP contribution in [0.15, 0.2) is 10.4 Å². The Kier molecular flexibility index (Phi) is 9.62. The van der Waals surface area contributed by atoms with E-state index >= 15 is 0 Å². The van der Waals surface area contributed by atoms with Crippen LogP contribution in [0.2, 0.25) is 0 Å². The van der Waals surface area contributed by atoms with Crippen LogP contribution in [0.3, 0.4) is 0 Å². The predicted molar refractivity (Wildman–Crippen MR) is 120 cm³/mol. The highest BCUT2D eigenvalue weighted by molar-refractivity contribution is 14.0. The van der Waals surface area contributed by atoms with E-state index in [1.54, 1.807) is 11.3 Å². The minimum atomic E-state index is 0. The van der Waals surface area contributed by atoms with Crippen LogP contribution in [0.5, 0.6) is 0 Å². The van der Waals surface area contributed by atoms with Crippen molar-refractivity contribution in [1.29, 1.82) is 0 Å². The Morgan fingerprint density at radius 2 is 2.23 bits per heavy atom. The van der Waals surface area contributed by atoms with E-state index in [9.17, 15) is 4.79 Å². The molecule has 2 N–H and O–H groups in total. The van der Waals surface area contributed by atoms with Gasteiger partial charge in [0.05, 0.1) is 12.2 Å². The van der Waals surface area contributed by atoms with Crippen molar-refractivity contribution in [1.82, 2.24) is 20.5 Å². The van der Waals surface area contributed by atoms with E-state index in [4.69, 9.17) is 0 Å². The third-order valence-corrected chi connectivity index (χ3v) is 5.06. The van der Waals surface area contributed by atoms with Gasteiger partial charge in [0, 0.05) is 51.1 Å². The standard InChI is InChI=1S/C17H30N6OS.HI/c1-6-18-16(19-9-14-11-25-17(21-14)22(4)5)20-13-7-8-23(10-13)15(24)12(2)3;/h11-13H,6-10H2,1-5H3,(H2,18,19,20);1H. The maximum atomic E-state index is 12.1.